The molecule has 0 spiro atoms. The van der Waals surface area contributed by atoms with E-state index in [1.54, 1.807) is 10.9 Å². The van der Waals surface area contributed by atoms with Crippen LogP contribution in [0.1, 0.15) is 40.8 Å². The molecule has 2 heterocycles. The molecular formula is C20H21ClN4O. The van der Waals surface area contributed by atoms with Gasteiger partial charge in [0.1, 0.15) is 0 Å². The first-order chi connectivity index (χ1) is 12.6. The summed E-state index contributed by atoms with van der Waals surface area (Å²) >= 11 is 6.32. The molecule has 0 radical (unpaired) electrons. The van der Waals surface area contributed by atoms with Crippen molar-refractivity contribution in [3.05, 3.63) is 76.3 Å². The second-order valence-electron chi connectivity index (χ2n) is 6.02. The van der Waals surface area contributed by atoms with Crippen LogP contribution in [0.4, 0.5) is 0 Å². The fourth-order valence-corrected chi connectivity index (χ4v) is 3.10. The molecule has 26 heavy (non-hydrogen) atoms. The first-order valence-corrected chi connectivity index (χ1v) is 9.01. The van der Waals surface area contributed by atoms with Crippen LogP contribution in [0, 0.1) is 6.92 Å². The second-order valence-corrected chi connectivity index (χ2v) is 6.43. The van der Waals surface area contributed by atoms with E-state index < -0.39 is 0 Å². The van der Waals surface area contributed by atoms with Gasteiger partial charge in [-0.25, -0.2) is 4.68 Å². The van der Waals surface area contributed by atoms with Crippen molar-refractivity contribution in [3.8, 4) is 5.69 Å². The number of pyridine rings is 1. The number of carbonyl (C=O) groups is 1. The molecule has 0 unspecified atom stereocenters. The molecule has 1 amide bonds. The second kappa shape index (κ2) is 8.15. The monoisotopic (exact) mass is 368 g/mol. The minimum absolute atomic E-state index is 0.144. The van der Waals surface area contributed by atoms with Crippen LogP contribution in [0.3, 0.4) is 0 Å². The van der Waals surface area contributed by atoms with E-state index in [-0.39, 0.29) is 5.91 Å². The van der Waals surface area contributed by atoms with Crippen LogP contribution in [0.5, 0.6) is 0 Å². The normalized spacial score (nSPS) is 10.7. The van der Waals surface area contributed by atoms with Gasteiger partial charge in [0.25, 0.3) is 5.91 Å². The highest BCUT2D eigenvalue weighted by Gasteiger charge is 2.22. The van der Waals surface area contributed by atoms with Gasteiger partial charge in [-0.3, -0.25) is 9.78 Å². The summed E-state index contributed by atoms with van der Waals surface area (Å²) in [5, 5.41) is 8.21. The first-order valence-electron chi connectivity index (χ1n) is 8.63. The molecule has 0 aliphatic carbocycles. The Morgan fingerprint density at radius 1 is 1.19 bits per heavy atom. The van der Waals surface area contributed by atoms with E-state index in [0.29, 0.717) is 17.1 Å². The average Bonchev–Trinajstić information content (AvgIpc) is 2.97. The number of rotatable bonds is 6. The molecule has 134 valence electrons. The molecule has 2 aromatic heterocycles. The van der Waals surface area contributed by atoms with Gasteiger partial charge in [-0.05, 0) is 37.6 Å². The fraction of sp³-hybridized carbons (Fsp3) is 0.250. The zero-order valence-corrected chi connectivity index (χ0v) is 15.6. The lowest BCUT2D eigenvalue weighted by Crippen LogP contribution is -2.24. The summed E-state index contributed by atoms with van der Waals surface area (Å²) in [5.74, 6) is -0.144. The molecule has 1 aromatic carbocycles. The van der Waals surface area contributed by atoms with Crippen molar-refractivity contribution in [2.24, 2.45) is 0 Å². The Bertz CT molecular complexity index is 905. The molecule has 5 nitrogen and oxygen atoms in total. The zero-order chi connectivity index (χ0) is 18.5. The van der Waals surface area contributed by atoms with E-state index in [9.17, 15) is 4.79 Å². The molecule has 0 bridgehead atoms. The predicted octanol–water partition coefficient (Wildman–Crippen LogP) is 4.11. The third-order valence-electron chi connectivity index (χ3n) is 4.14. The van der Waals surface area contributed by atoms with E-state index in [4.69, 9.17) is 11.6 Å². The van der Waals surface area contributed by atoms with Crippen LogP contribution < -0.4 is 5.32 Å². The van der Waals surface area contributed by atoms with Crippen molar-refractivity contribution in [3.63, 3.8) is 0 Å². The summed E-state index contributed by atoms with van der Waals surface area (Å²) in [4.78, 5) is 17.1. The average molecular weight is 369 g/mol. The van der Waals surface area contributed by atoms with Gasteiger partial charge in [-0.1, -0.05) is 43.1 Å². The van der Waals surface area contributed by atoms with Crippen molar-refractivity contribution < 1.29 is 4.79 Å². The molecule has 1 N–H and O–H groups in total. The van der Waals surface area contributed by atoms with Crippen molar-refractivity contribution in [1.29, 1.82) is 0 Å². The van der Waals surface area contributed by atoms with Crippen molar-refractivity contribution in [2.45, 2.75) is 33.2 Å². The topological polar surface area (TPSA) is 59.8 Å². The predicted molar refractivity (Wildman–Crippen MR) is 103 cm³/mol. The number of aromatic nitrogens is 3. The number of nitrogens with one attached hydrogen (secondary N) is 1. The van der Waals surface area contributed by atoms with E-state index in [1.165, 1.54) is 0 Å². The van der Waals surface area contributed by atoms with Gasteiger partial charge in [0.15, 0.2) is 0 Å². The maximum atomic E-state index is 12.8. The number of carbonyl (C=O) groups excluding carboxylic acids is 1. The molecule has 0 aliphatic rings. The number of halogens is 1. The van der Waals surface area contributed by atoms with Crippen LogP contribution in [0.2, 0.25) is 5.02 Å². The zero-order valence-electron chi connectivity index (χ0n) is 14.9. The fourth-order valence-electron chi connectivity index (χ4n) is 2.89. The van der Waals surface area contributed by atoms with Gasteiger partial charge in [-0.2, -0.15) is 5.10 Å². The Balaban J connectivity index is 1.92. The van der Waals surface area contributed by atoms with E-state index >= 15 is 0 Å². The maximum absolute atomic E-state index is 12.8. The van der Waals surface area contributed by atoms with Crippen LogP contribution in [0.25, 0.3) is 5.69 Å². The summed E-state index contributed by atoms with van der Waals surface area (Å²) in [6, 6.07) is 13.1. The number of aryl methyl sites for hydroxylation is 1. The first kappa shape index (κ1) is 18.1. The lowest BCUT2D eigenvalue weighted by Gasteiger charge is -2.08. The van der Waals surface area contributed by atoms with Gasteiger partial charge >= 0.3 is 0 Å². The third-order valence-corrected chi connectivity index (χ3v) is 4.46. The lowest BCUT2D eigenvalue weighted by atomic mass is 10.1. The minimum atomic E-state index is -0.144. The molecule has 0 saturated carbocycles. The number of hydrogen-bond acceptors (Lipinski definition) is 3. The standard InChI is InChI=1S/C20H21ClN4O/c1-3-8-17-19(20(26)23-13-15-9-6-7-12-22-15)14(2)25(24-17)18-11-5-4-10-16(18)21/h4-7,9-12H,3,8,13H2,1-2H3,(H,23,26). The minimum Gasteiger partial charge on any atom is -0.346 e. The van der Waals surface area contributed by atoms with E-state index in [2.05, 4.69) is 22.3 Å². The third kappa shape index (κ3) is 3.78. The Morgan fingerprint density at radius 3 is 2.65 bits per heavy atom. The summed E-state index contributed by atoms with van der Waals surface area (Å²) in [6.45, 7) is 4.34. The number of hydrogen-bond donors (Lipinski definition) is 1. The molecule has 0 aliphatic heterocycles. The molecular weight excluding hydrogens is 348 g/mol. The molecule has 0 fully saturated rings. The van der Waals surface area contributed by atoms with Gasteiger partial charge in [0.05, 0.1) is 39.9 Å². The van der Waals surface area contributed by atoms with Crippen LogP contribution in [-0.4, -0.2) is 20.7 Å². The quantitative estimate of drug-likeness (QED) is 0.712. The number of nitrogens with zero attached hydrogens (tertiary/aromatic N) is 3. The van der Waals surface area contributed by atoms with E-state index in [1.807, 2.05) is 49.4 Å². The van der Waals surface area contributed by atoms with Gasteiger partial charge in [-0.15, -0.1) is 0 Å². The van der Waals surface area contributed by atoms with Crippen molar-refractivity contribution in [2.75, 3.05) is 0 Å². The molecule has 3 rings (SSSR count). The number of amides is 1. The van der Waals surface area contributed by atoms with Crippen LogP contribution in [-0.2, 0) is 13.0 Å². The Kier molecular flexibility index (Phi) is 5.68. The summed E-state index contributed by atoms with van der Waals surface area (Å²) in [7, 11) is 0. The van der Waals surface area contributed by atoms with Crippen LogP contribution >= 0.6 is 11.6 Å². The van der Waals surface area contributed by atoms with Crippen LogP contribution in [0.15, 0.2) is 48.7 Å². The highest BCUT2D eigenvalue weighted by atomic mass is 35.5. The maximum Gasteiger partial charge on any atom is 0.255 e. The van der Waals surface area contributed by atoms with Gasteiger partial charge < -0.3 is 5.32 Å². The lowest BCUT2D eigenvalue weighted by molar-refractivity contribution is 0.0949. The van der Waals surface area contributed by atoms with E-state index in [0.717, 1.165) is 35.6 Å². The smallest absolute Gasteiger partial charge is 0.255 e. The number of para-hydroxylation sites is 1. The molecule has 3 aromatic rings. The largest absolute Gasteiger partial charge is 0.346 e. The highest BCUT2D eigenvalue weighted by molar-refractivity contribution is 6.32. The summed E-state index contributed by atoms with van der Waals surface area (Å²) < 4.78 is 1.75. The Hall–Kier alpha value is -2.66. The van der Waals surface area contributed by atoms with Gasteiger partial charge in [0, 0.05) is 6.20 Å². The highest BCUT2D eigenvalue weighted by Crippen LogP contribution is 2.24. The number of benzene rings is 1. The Morgan fingerprint density at radius 2 is 1.96 bits per heavy atom. The summed E-state index contributed by atoms with van der Waals surface area (Å²) in [6.07, 6.45) is 3.34. The van der Waals surface area contributed by atoms with Crippen molar-refractivity contribution in [1.82, 2.24) is 20.1 Å². The molecule has 0 saturated heterocycles. The SMILES string of the molecule is CCCc1nn(-c2ccccc2Cl)c(C)c1C(=O)NCc1ccccn1. The Labute approximate surface area is 158 Å². The van der Waals surface area contributed by atoms with Gasteiger partial charge in [0.2, 0.25) is 0 Å². The van der Waals surface area contributed by atoms with Crippen molar-refractivity contribution >= 4 is 17.5 Å². The molecule has 0 atom stereocenters. The molecule has 6 heteroatoms. The summed E-state index contributed by atoms with van der Waals surface area (Å²) in [5.41, 5.74) is 3.76.